The third kappa shape index (κ3) is 7.19. The summed E-state index contributed by atoms with van der Waals surface area (Å²) in [6, 6.07) is 0. The molecule has 0 bridgehead atoms. The molecule has 1 amide bonds. The third-order valence-corrected chi connectivity index (χ3v) is 1.30. The lowest BCUT2D eigenvalue weighted by molar-refractivity contribution is -0.117. The van der Waals surface area contributed by atoms with E-state index < -0.39 is 21.9 Å². The van der Waals surface area contributed by atoms with Crippen molar-refractivity contribution in [3.63, 3.8) is 0 Å². The fourth-order valence-corrected chi connectivity index (χ4v) is 0.613. The SMILES string of the molecule is C=C(C)C(=O)NCS(=O)(=O)[O-].[NH4+]. The maximum Gasteiger partial charge on any atom is 0.247 e. The minimum absolute atomic E-state index is 0. The van der Waals surface area contributed by atoms with E-state index in [0.29, 0.717) is 0 Å². The fraction of sp³-hybridized carbons (Fsp3) is 0.400. The molecule has 0 aliphatic carbocycles. The molecule has 0 heterocycles. The van der Waals surface area contributed by atoms with Crippen LogP contribution in [0.15, 0.2) is 12.2 Å². The zero-order valence-electron chi connectivity index (χ0n) is 6.96. The predicted molar refractivity (Wildman–Crippen MR) is 43.5 cm³/mol. The Bertz CT molecular complexity index is 269. The molecule has 0 aromatic rings. The Hall–Kier alpha value is -0.920. The van der Waals surface area contributed by atoms with E-state index in [9.17, 15) is 17.8 Å². The van der Waals surface area contributed by atoms with Gasteiger partial charge in [-0.2, -0.15) is 0 Å². The fourth-order valence-electron chi connectivity index (χ4n) is 0.305. The van der Waals surface area contributed by atoms with Crippen LogP contribution in [0, 0.1) is 0 Å². The van der Waals surface area contributed by atoms with E-state index in [-0.39, 0.29) is 11.7 Å². The van der Waals surface area contributed by atoms with Crippen LogP contribution in [0.4, 0.5) is 0 Å². The molecule has 0 aromatic carbocycles. The quantitative estimate of drug-likeness (QED) is 0.469. The first-order chi connectivity index (χ1) is 4.83. The molecule has 0 rings (SSSR count). The first-order valence-corrected chi connectivity index (χ1v) is 4.28. The largest absolute Gasteiger partial charge is 0.747 e. The molecule has 0 spiro atoms. The van der Waals surface area contributed by atoms with E-state index in [4.69, 9.17) is 0 Å². The van der Waals surface area contributed by atoms with Crippen molar-refractivity contribution in [1.82, 2.24) is 11.5 Å². The zero-order valence-corrected chi connectivity index (χ0v) is 7.77. The average molecular weight is 196 g/mol. The second-order valence-corrected chi connectivity index (χ2v) is 3.39. The zero-order chi connectivity index (χ0) is 9.07. The Morgan fingerprint density at radius 2 is 2.00 bits per heavy atom. The molecule has 6 nitrogen and oxygen atoms in total. The van der Waals surface area contributed by atoms with E-state index in [1.807, 2.05) is 5.32 Å². The maximum atomic E-state index is 10.6. The van der Waals surface area contributed by atoms with E-state index in [0.717, 1.165) is 0 Å². The highest BCUT2D eigenvalue weighted by molar-refractivity contribution is 7.85. The van der Waals surface area contributed by atoms with Crippen LogP contribution >= 0.6 is 0 Å². The van der Waals surface area contributed by atoms with Crippen molar-refractivity contribution in [2.75, 3.05) is 5.88 Å². The van der Waals surface area contributed by atoms with Gasteiger partial charge < -0.3 is 16.0 Å². The Kier molecular flexibility index (Phi) is 5.53. The van der Waals surface area contributed by atoms with Crippen LogP contribution in [0.25, 0.3) is 0 Å². The molecular formula is C5H12N2O4S. The standard InChI is InChI=1S/C5H9NO4S.H3N/c1-4(2)5(7)6-3-11(8,9)10;/h1,3H2,2H3,(H,6,7)(H,8,9,10);1H3. The molecule has 0 radical (unpaired) electrons. The molecule has 0 fully saturated rings. The smallest absolute Gasteiger partial charge is 0.247 e. The topological polar surface area (TPSA) is 123 Å². The molecule has 7 heteroatoms. The van der Waals surface area contributed by atoms with Gasteiger partial charge in [-0.3, -0.25) is 4.79 Å². The second kappa shape index (κ2) is 4.86. The minimum Gasteiger partial charge on any atom is -0.747 e. The lowest BCUT2D eigenvalue weighted by Crippen LogP contribution is -2.29. The molecule has 5 N–H and O–H groups in total. The van der Waals surface area contributed by atoms with Crippen molar-refractivity contribution in [2.24, 2.45) is 0 Å². The molecule has 0 aromatic heterocycles. The molecule has 0 unspecified atom stereocenters. The summed E-state index contributed by atoms with van der Waals surface area (Å²) in [5.41, 5.74) is 0.161. The van der Waals surface area contributed by atoms with Gasteiger partial charge in [-0.05, 0) is 6.92 Å². The van der Waals surface area contributed by atoms with Gasteiger partial charge in [0.1, 0.15) is 16.0 Å². The van der Waals surface area contributed by atoms with Gasteiger partial charge in [0.15, 0.2) is 0 Å². The van der Waals surface area contributed by atoms with E-state index in [1.165, 1.54) is 6.92 Å². The normalized spacial score (nSPS) is 9.83. The van der Waals surface area contributed by atoms with Gasteiger partial charge >= 0.3 is 0 Å². The minimum atomic E-state index is -4.38. The summed E-state index contributed by atoms with van der Waals surface area (Å²) >= 11 is 0. The van der Waals surface area contributed by atoms with Gasteiger partial charge in [0.05, 0.1) is 0 Å². The number of quaternary nitrogens is 1. The molecular weight excluding hydrogens is 184 g/mol. The highest BCUT2D eigenvalue weighted by Gasteiger charge is 2.01. The van der Waals surface area contributed by atoms with Crippen LogP contribution in [0.5, 0.6) is 0 Å². The molecule has 0 aliphatic rings. The van der Waals surface area contributed by atoms with Crippen molar-refractivity contribution in [3.05, 3.63) is 12.2 Å². The van der Waals surface area contributed by atoms with Crippen molar-refractivity contribution in [2.45, 2.75) is 6.92 Å². The summed E-state index contributed by atoms with van der Waals surface area (Å²) < 4.78 is 29.9. The van der Waals surface area contributed by atoms with Gasteiger partial charge in [-0.25, -0.2) is 8.42 Å². The van der Waals surface area contributed by atoms with Crippen molar-refractivity contribution in [1.29, 1.82) is 0 Å². The molecule has 12 heavy (non-hydrogen) atoms. The number of amides is 1. The van der Waals surface area contributed by atoms with Gasteiger partial charge in [0.2, 0.25) is 5.91 Å². The third-order valence-electron chi connectivity index (χ3n) is 0.797. The average Bonchev–Trinajstić information content (AvgIpc) is 1.80. The maximum absolute atomic E-state index is 10.6. The van der Waals surface area contributed by atoms with E-state index in [2.05, 4.69) is 6.58 Å². The van der Waals surface area contributed by atoms with Crippen LogP contribution in [0.3, 0.4) is 0 Å². The van der Waals surface area contributed by atoms with Crippen LogP contribution in [-0.2, 0) is 14.9 Å². The van der Waals surface area contributed by atoms with E-state index in [1.54, 1.807) is 0 Å². The number of rotatable bonds is 3. The van der Waals surface area contributed by atoms with Crippen LogP contribution in [0.2, 0.25) is 0 Å². The number of hydrogen-bond acceptors (Lipinski definition) is 4. The summed E-state index contributed by atoms with van der Waals surface area (Å²) in [5, 5.41) is 1.88. The monoisotopic (exact) mass is 196 g/mol. The summed E-state index contributed by atoms with van der Waals surface area (Å²) in [6.07, 6.45) is 0. The molecule has 0 aliphatic heterocycles. The molecule has 0 saturated carbocycles. The lowest BCUT2D eigenvalue weighted by Gasteiger charge is -2.07. The number of carbonyl (C=O) groups excluding carboxylic acids is 1. The van der Waals surface area contributed by atoms with Gasteiger partial charge in [-0.15, -0.1) is 0 Å². The number of hydrogen-bond donors (Lipinski definition) is 2. The first-order valence-electron chi connectivity index (χ1n) is 2.70. The van der Waals surface area contributed by atoms with Gasteiger partial charge in [-0.1, -0.05) is 6.58 Å². The Morgan fingerprint density at radius 1 is 1.58 bits per heavy atom. The molecule has 0 saturated heterocycles. The molecule has 0 atom stereocenters. The Balaban J connectivity index is 0. The lowest BCUT2D eigenvalue weighted by atomic mass is 10.3. The van der Waals surface area contributed by atoms with E-state index >= 15 is 0 Å². The summed E-state index contributed by atoms with van der Waals surface area (Å²) in [4.78, 5) is 10.6. The van der Waals surface area contributed by atoms with Crippen LogP contribution < -0.4 is 11.5 Å². The van der Waals surface area contributed by atoms with Crippen molar-refractivity contribution in [3.8, 4) is 0 Å². The summed E-state index contributed by atoms with van der Waals surface area (Å²) in [7, 11) is -4.38. The van der Waals surface area contributed by atoms with Crippen LogP contribution in [0.1, 0.15) is 6.92 Å². The number of nitrogens with one attached hydrogen (secondary N) is 1. The predicted octanol–water partition coefficient (Wildman–Crippen LogP) is -0.442. The summed E-state index contributed by atoms with van der Waals surface area (Å²) in [6.45, 7) is 4.66. The highest BCUT2D eigenvalue weighted by Crippen LogP contribution is 1.86. The van der Waals surface area contributed by atoms with Crippen molar-refractivity contribution >= 4 is 16.0 Å². The van der Waals surface area contributed by atoms with Crippen molar-refractivity contribution < 1.29 is 17.8 Å². The molecule has 72 valence electrons. The highest BCUT2D eigenvalue weighted by atomic mass is 32.2. The van der Waals surface area contributed by atoms with Gasteiger partial charge in [0.25, 0.3) is 0 Å². The second-order valence-electron chi connectivity index (χ2n) is 1.99. The van der Waals surface area contributed by atoms with Crippen LogP contribution in [-0.4, -0.2) is 24.8 Å². The Labute approximate surface area is 71.0 Å². The Morgan fingerprint density at radius 3 is 2.25 bits per heavy atom. The number of carbonyl (C=O) groups is 1. The van der Waals surface area contributed by atoms with Gasteiger partial charge in [0, 0.05) is 5.57 Å². The first kappa shape index (κ1) is 13.7. The summed E-state index contributed by atoms with van der Waals surface area (Å²) in [5.74, 6) is -1.52.